The molecule has 0 N–H and O–H groups in total. The first-order chi connectivity index (χ1) is 6.27. The zero-order chi connectivity index (χ0) is 9.68. The summed E-state index contributed by atoms with van der Waals surface area (Å²) < 4.78 is 13.1. The van der Waals surface area contributed by atoms with Gasteiger partial charge in [-0.15, -0.1) is 0 Å². The molecule has 0 aromatic carbocycles. The van der Waals surface area contributed by atoms with Crippen LogP contribution in [-0.2, 0) is 6.42 Å². The smallest absolute Gasteiger partial charge is 0.145 e. The molecule has 68 valence electrons. The Labute approximate surface area is 82.3 Å². The lowest BCUT2D eigenvalue weighted by molar-refractivity contribution is 0.603. The molecule has 0 radical (unpaired) electrons. The third kappa shape index (κ3) is 2.72. The van der Waals surface area contributed by atoms with Crippen LogP contribution in [0.5, 0.6) is 0 Å². The number of nitrogens with zero attached hydrogens (tertiary/aromatic N) is 1. The third-order valence-electron chi connectivity index (χ3n) is 1.79. The molecule has 0 aliphatic rings. The van der Waals surface area contributed by atoms with E-state index in [2.05, 4.69) is 22.2 Å². The van der Waals surface area contributed by atoms with Gasteiger partial charge in [0.1, 0.15) is 5.82 Å². The zero-order valence-corrected chi connectivity index (χ0v) is 8.20. The summed E-state index contributed by atoms with van der Waals surface area (Å²) in [7, 11) is 0. The Morgan fingerprint density at radius 3 is 3.00 bits per heavy atom. The van der Waals surface area contributed by atoms with E-state index in [1.807, 2.05) is 6.92 Å². The van der Waals surface area contributed by atoms with Crippen LogP contribution in [0, 0.1) is 5.82 Å². The maximum absolute atomic E-state index is 13.1. The van der Waals surface area contributed by atoms with Gasteiger partial charge in [0.15, 0.2) is 0 Å². The molecule has 1 aromatic rings. The Balaban J connectivity index is 2.86. The van der Waals surface area contributed by atoms with Crippen LogP contribution in [0.1, 0.15) is 19.0 Å². The highest BCUT2D eigenvalue weighted by molar-refractivity contribution is 7.78. The predicted octanol–water partition coefficient (Wildman–Crippen LogP) is 2.70. The molecule has 13 heavy (non-hydrogen) atoms. The van der Waals surface area contributed by atoms with Crippen LogP contribution >= 0.6 is 12.2 Å². The van der Waals surface area contributed by atoms with Crippen LogP contribution in [0.15, 0.2) is 23.9 Å². The lowest BCUT2D eigenvalue weighted by Crippen LogP contribution is -1.96. The standard InChI is InChI=1S/C10H10FNS/c1-2-8(7-13)6-10-9(11)4-3-5-12-10/h3-5H,2,6H2,1H3. The summed E-state index contributed by atoms with van der Waals surface area (Å²) in [6.45, 7) is 1.97. The second kappa shape index (κ2) is 4.85. The van der Waals surface area contributed by atoms with Crippen molar-refractivity contribution < 1.29 is 4.39 Å². The summed E-state index contributed by atoms with van der Waals surface area (Å²) in [5, 5.41) is 2.62. The highest BCUT2D eigenvalue weighted by atomic mass is 32.1. The zero-order valence-electron chi connectivity index (χ0n) is 7.38. The van der Waals surface area contributed by atoms with Gasteiger partial charge in [-0.05, 0) is 41.4 Å². The van der Waals surface area contributed by atoms with Gasteiger partial charge in [0, 0.05) is 12.6 Å². The molecule has 0 spiro atoms. The summed E-state index contributed by atoms with van der Waals surface area (Å²) in [6.07, 6.45) is 2.83. The largest absolute Gasteiger partial charge is 0.258 e. The highest BCUT2D eigenvalue weighted by Crippen LogP contribution is 2.09. The molecule has 0 saturated heterocycles. The number of thiocarbonyl (C=S) groups is 1. The van der Waals surface area contributed by atoms with E-state index >= 15 is 0 Å². The quantitative estimate of drug-likeness (QED) is 0.688. The van der Waals surface area contributed by atoms with Gasteiger partial charge in [-0.3, -0.25) is 4.98 Å². The molecular formula is C10H10FNS. The van der Waals surface area contributed by atoms with E-state index in [4.69, 9.17) is 0 Å². The number of hydrogen-bond acceptors (Lipinski definition) is 2. The van der Waals surface area contributed by atoms with Crippen LogP contribution in [0.25, 0.3) is 0 Å². The first-order valence-electron chi connectivity index (χ1n) is 4.10. The van der Waals surface area contributed by atoms with Crippen molar-refractivity contribution in [3.8, 4) is 0 Å². The predicted molar refractivity (Wildman–Crippen MR) is 54.3 cm³/mol. The molecule has 0 unspecified atom stereocenters. The number of aromatic nitrogens is 1. The number of pyridine rings is 1. The van der Waals surface area contributed by atoms with Gasteiger partial charge in [0.2, 0.25) is 0 Å². The summed E-state index contributed by atoms with van der Waals surface area (Å²) in [5.74, 6) is -0.279. The molecule has 1 rings (SSSR count). The fraction of sp³-hybridized carbons (Fsp3) is 0.300. The SMILES string of the molecule is CCC(=C=S)Cc1ncccc1F. The number of hydrogen-bond donors (Lipinski definition) is 0. The average molecular weight is 195 g/mol. The lowest BCUT2D eigenvalue weighted by Gasteiger charge is -2.01. The normalized spacial score (nSPS) is 9.38. The van der Waals surface area contributed by atoms with Crippen LogP contribution in [-0.4, -0.2) is 10.0 Å². The molecule has 0 aliphatic carbocycles. The minimum absolute atomic E-state index is 0.279. The second-order valence-corrected chi connectivity index (χ2v) is 2.87. The molecule has 1 heterocycles. The molecular weight excluding hydrogens is 185 g/mol. The minimum Gasteiger partial charge on any atom is -0.258 e. The summed E-state index contributed by atoms with van der Waals surface area (Å²) >= 11 is 4.68. The van der Waals surface area contributed by atoms with Crippen molar-refractivity contribution in [2.24, 2.45) is 0 Å². The number of halogens is 1. The van der Waals surface area contributed by atoms with Gasteiger partial charge in [-0.1, -0.05) is 6.92 Å². The van der Waals surface area contributed by atoms with Crippen molar-refractivity contribution in [1.29, 1.82) is 0 Å². The molecule has 0 aliphatic heterocycles. The fourth-order valence-corrected chi connectivity index (χ4v) is 1.20. The monoisotopic (exact) mass is 195 g/mol. The fourth-order valence-electron chi connectivity index (χ4n) is 0.984. The van der Waals surface area contributed by atoms with Gasteiger partial charge < -0.3 is 0 Å². The van der Waals surface area contributed by atoms with Crippen molar-refractivity contribution in [3.63, 3.8) is 0 Å². The molecule has 0 amide bonds. The first kappa shape index (κ1) is 10.0. The van der Waals surface area contributed by atoms with E-state index in [0.717, 1.165) is 12.0 Å². The summed E-state index contributed by atoms with van der Waals surface area (Å²) in [5.41, 5.74) is 1.35. The number of allylic oxidation sites excluding steroid dienone is 1. The second-order valence-electron chi connectivity index (χ2n) is 2.67. The van der Waals surface area contributed by atoms with Gasteiger partial charge >= 0.3 is 0 Å². The van der Waals surface area contributed by atoms with E-state index in [1.54, 1.807) is 12.3 Å². The molecule has 0 bridgehead atoms. The van der Waals surface area contributed by atoms with Gasteiger partial charge in [0.25, 0.3) is 0 Å². The maximum Gasteiger partial charge on any atom is 0.145 e. The molecule has 1 nitrogen and oxygen atoms in total. The lowest BCUT2D eigenvalue weighted by atomic mass is 10.1. The minimum atomic E-state index is -0.279. The van der Waals surface area contributed by atoms with Crippen LogP contribution in [0.2, 0.25) is 0 Å². The van der Waals surface area contributed by atoms with Crippen molar-refractivity contribution in [3.05, 3.63) is 35.4 Å². The summed E-state index contributed by atoms with van der Waals surface area (Å²) in [4.78, 5) is 3.93. The average Bonchev–Trinajstić information content (AvgIpc) is 2.17. The number of rotatable bonds is 3. The maximum atomic E-state index is 13.1. The van der Waals surface area contributed by atoms with Crippen molar-refractivity contribution in [1.82, 2.24) is 4.98 Å². The van der Waals surface area contributed by atoms with Gasteiger partial charge in [-0.25, -0.2) is 4.39 Å². The van der Waals surface area contributed by atoms with E-state index in [9.17, 15) is 4.39 Å². The molecule has 1 aromatic heterocycles. The molecule has 0 saturated carbocycles. The van der Waals surface area contributed by atoms with Crippen LogP contribution in [0.3, 0.4) is 0 Å². The van der Waals surface area contributed by atoms with E-state index in [-0.39, 0.29) is 5.82 Å². The van der Waals surface area contributed by atoms with Crippen molar-refractivity contribution in [2.75, 3.05) is 0 Å². The Bertz CT molecular complexity index is 343. The molecule has 3 heteroatoms. The Morgan fingerprint density at radius 1 is 1.69 bits per heavy atom. The van der Waals surface area contributed by atoms with Gasteiger partial charge in [-0.2, -0.15) is 0 Å². The van der Waals surface area contributed by atoms with Crippen molar-refractivity contribution >= 4 is 17.2 Å². The van der Waals surface area contributed by atoms with Crippen LogP contribution < -0.4 is 0 Å². The highest BCUT2D eigenvalue weighted by Gasteiger charge is 2.03. The third-order valence-corrected chi connectivity index (χ3v) is 2.08. The molecule has 0 atom stereocenters. The van der Waals surface area contributed by atoms with Gasteiger partial charge in [0.05, 0.1) is 5.69 Å². The van der Waals surface area contributed by atoms with E-state index < -0.39 is 0 Å². The molecule has 0 fully saturated rings. The van der Waals surface area contributed by atoms with Crippen LogP contribution in [0.4, 0.5) is 4.39 Å². The van der Waals surface area contributed by atoms with E-state index in [0.29, 0.717) is 12.1 Å². The van der Waals surface area contributed by atoms with E-state index in [1.165, 1.54) is 6.07 Å². The Hall–Kier alpha value is -1.05. The first-order valence-corrected chi connectivity index (χ1v) is 4.51. The topological polar surface area (TPSA) is 12.9 Å². The van der Waals surface area contributed by atoms with Crippen molar-refractivity contribution in [2.45, 2.75) is 19.8 Å². The summed E-state index contributed by atoms with van der Waals surface area (Å²) in [6, 6.07) is 2.98. The Kier molecular flexibility index (Phi) is 3.74. The Morgan fingerprint density at radius 2 is 2.46 bits per heavy atom.